The van der Waals surface area contributed by atoms with Crippen molar-refractivity contribution in [2.75, 3.05) is 6.54 Å². The highest BCUT2D eigenvalue weighted by atomic mass is 15.1. The number of nitrogens with one attached hydrogen (secondary N) is 1. The van der Waals surface area contributed by atoms with E-state index in [1.54, 1.807) is 0 Å². The van der Waals surface area contributed by atoms with Crippen LogP contribution in [0.15, 0.2) is 18.2 Å². The van der Waals surface area contributed by atoms with Gasteiger partial charge in [0.1, 0.15) is 0 Å². The number of hydrogen-bond donors (Lipinski definition) is 1. The second-order valence-corrected chi connectivity index (χ2v) is 4.00. The lowest BCUT2D eigenvalue weighted by molar-refractivity contribution is 0.755. The molecule has 1 nitrogen and oxygen atoms in total. The molecule has 1 heterocycles. The van der Waals surface area contributed by atoms with Gasteiger partial charge in [0.2, 0.25) is 0 Å². The van der Waals surface area contributed by atoms with Crippen LogP contribution in [0.3, 0.4) is 0 Å². The molecule has 1 aliphatic rings. The molecule has 1 fully saturated rings. The standard InChI is InChI=1S/C11H15N/c1-8-4-5-9(2)10(6-8)11(3)7-12-11/h4-6,12H,7H2,1-3H3. The van der Waals surface area contributed by atoms with E-state index in [-0.39, 0.29) is 5.54 Å². The van der Waals surface area contributed by atoms with Crippen LogP contribution in [0.1, 0.15) is 23.6 Å². The first-order chi connectivity index (χ1) is 5.62. The summed E-state index contributed by atoms with van der Waals surface area (Å²) in [4.78, 5) is 0. The summed E-state index contributed by atoms with van der Waals surface area (Å²) in [6, 6.07) is 6.66. The predicted octanol–water partition coefficient (Wildman–Crippen LogP) is 2.12. The van der Waals surface area contributed by atoms with Crippen LogP contribution in [-0.4, -0.2) is 6.54 Å². The lowest BCUT2D eigenvalue weighted by Gasteiger charge is -2.11. The fourth-order valence-corrected chi connectivity index (χ4v) is 1.65. The number of aryl methyl sites for hydroxylation is 2. The Kier molecular flexibility index (Phi) is 1.52. The van der Waals surface area contributed by atoms with Crippen molar-refractivity contribution >= 4 is 0 Å². The minimum Gasteiger partial charge on any atom is -0.304 e. The van der Waals surface area contributed by atoms with Crippen molar-refractivity contribution in [3.05, 3.63) is 34.9 Å². The summed E-state index contributed by atoms with van der Waals surface area (Å²) in [5.74, 6) is 0. The molecule has 0 amide bonds. The highest BCUT2D eigenvalue weighted by molar-refractivity contribution is 5.39. The quantitative estimate of drug-likeness (QED) is 0.626. The molecule has 0 aromatic heterocycles. The second-order valence-electron chi connectivity index (χ2n) is 4.00. The zero-order valence-electron chi connectivity index (χ0n) is 7.94. The Bertz CT molecular complexity index is 311. The van der Waals surface area contributed by atoms with Crippen LogP contribution >= 0.6 is 0 Å². The maximum Gasteiger partial charge on any atom is 0.0536 e. The molecule has 2 rings (SSSR count). The Balaban J connectivity index is 2.48. The molecule has 0 spiro atoms. The van der Waals surface area contributed by atoms with Gasteiger partial charge < -0.3 is 5.32 Å². The van der Waals surface area contributed by atoms with Gasteiger partial charge >= 0.3 is 0 Å². The molecule has 64 valence electrons. The Morgan fingerprint density at radius 1 is 1.33 bits per heavy atom. The molecule has 0 aliphatic carbocycles. The van der Waals surface area contributed by atoms with E-state index in [1.165, 1.54) is 16.7 Å². The topological polar surface area (TPSA) is 21.9 Å². The molecule has 12 heavy (non-hydrogen) atoms. The van der Waals surface area contributed by atoms with Crippen molar-refractivity contribution in [3.63, 3.8) is 0 Å². The molecule has 1 unspecified atom stereocenters. The SMILES string of the molecule is Cc1ccc(C)c(C2(C)CN2)c1. The first kappa shape index (κ1) is 7.81. The van der Waals surface area contributed by atoms with Crippen molar-refractivity contribution in [1.82, 2.24) is 5.32 Å². The smallest absolute Gasteiger partial charge is 0.0536 e. The van der Waals surface area contributed by atoms with E-state index in [1.807, 2.05) is 0 Å². The molecule has 1 aliphatic heterocycles. The Morgan fingerprint density at radius 3 is 2.58 bits per heavy atom. The van der Waals surface area contributed by atoms with Crippen molar-refractivity contribution in [3.8, 4) is 0 Å². The summed E-state index contributed by atoms with van der Waals surface area (Å²) in [7, 11) is 0. The van der Waals surface area contributed by atoms with E-state index in [0.717, 1.165) is 6.54 Å². The fourth-order valence-electron chi connectivity index (χ4n) is 1.65. The third kappa shape index (κ3) is 1.14. The van der Waals surface area contributed by atoms with E-state index in [9.17, 15) is 0 Å². The first-order valence-electron chi connectivity index (χ1n) is 4.45. The summed E-state index contributed by atoms with van der Waals surface area (Å²) >= 11 is 0. The van der Waals surface area contributed by atoms with Gasteiger partial charge in [-0.25, -0.2) is 0 Å². The van der Waals surface area contributed by atoms with Crippen LogP contribution in [0.4, 0.5) is 0 Å². The first-order valence-corrected chi connectivity index (χ1v) is 4.45. The van der Waals surface area contributed by atoms with Crippen LogP contribution in [0, 0.1) is 13.8 Å². The monoisotopic (exact) mass is 161 g/mol. The van der Waals surface area contributed by atoms with Gasteiger partial charge in [-0.2, -0.15) is 0 Å². The lowest BCUT2D eigenvalue weighted by atomic mass is 9.95. The summed E-state index contributed by atoms with van der Waals surface area (Å²) in [5.41, 5.74) is 4.48. The molecular formula is C11H15N. The molecule has 1 aromatic carbocycles. The van der Waals surface area contributed by atoms with Crippen LogP contribution < -0.4 is 5.32 Å². The van der Waals surface area contributed by atoms with Gasteiger partial charge in [0.15, 0.2) is 0 Å². The molecule has 1 heteroatoms. The zero-order valence-corrected chi connectivity index (χ0v) is 7.94. The second kappa shape index (κ2) is 2.33. The van der Waals surface area contributed by atoms with Crippen molar-refractivity contribution < 1.29 is 0 Å². The van der Waals surface area contributed by atoms with Gasteiger partial charge in [0.05, 0.1) is 5.54 Å². The lowest BCUT2D eigenvalue weighted by Crippen LogP contribution is -2.08. The summed E-state index contributed by atoms with van der Waals surface area (Å²) < 4.78 is 0. The number of rotatable bonds is 1. The van der Waals surface area contributed by atoms with Gasteiger partial charge in [-0.1, -0.05) is 23.8 Å². The Hall–Kier alpha value is -0.820. The van der Waals surface area contributed by atoms with E-state index in [4.69, 9.17) is 0 Å². The summed E-state index contributed by atoms with van der Waals surface area (Å²) in [6.45, 7) is 7.71. The van der Waals surface area contributed by atoms with Crippen molar-refractivity contribution in [2.24, 2.45) is 0 Å². The molecule has 0 saturated carbocycles. The summed E-state index contributed by atoms with van der Waals surface area (Å²) in [6.07, 6.45) is 0. The van der Waals surface area contributed by atoms with Crippen molar-refractivity contribution in [1.29, 1.82) is 0 Å². The largest absolute Gasteiger partial charge is 0.304 e. The maximum atomic E-state index is 3.40. The number of benzene rings is 1. The maximum absolute atomic E-state index is 3.40. The van der Waals surface area contributed by atoms with Gasteiger partial charge in [0, 0.05) is 6.54 Å². The highest BCUT2D eigenvalue weighted by Gasteiger charge is 2.39. The molecule has 0 radical (unpaired) electrons. The van der Waals surface area contributed by atoms with E-state index in [0.29, 0.717) is 0 Å². The molecule has 0 bridgehead atoms. The molecule has 1 saturated heterocycles. The molecule has 1 atom stereocenters. The average molecular weight is 161 g/mol. The fraction of sp³-hybridized carbons (Fsp3) is 0.455. The molecule has 1 aromatic rings. The van der Waals surface area contributed by atoms with Gasteiger partial charge in [-0.15, -0.1) is 0 Å². The van der Waals surface area contributed by atoms with E-state index < -0.39 is 0 Å². The van der Waals surface area contributed by atoms with E-state index >= 15 is 0 Å². The minimum atomic E-state index is 0.274. The third-order valence-corrected chi connectivity index (χ3v) is 2.69. The normalized spacial score (nSPS) is 27.2. The Labute approximate surface area is 73.8 Å². The van der Waals surface area contributed by atoms with Crippen LogP contribution in [-0.2, 0) is 5.54 Å². The molecule has 1 N–H and O–H groups in total. The zero-order chi connectivity index (χ0) is 8.77. The predicted molar refractivity (Wildman–Crippen MR) is 51.3 cm³/mol. The third-order valence-electron chi connectivity index (χ3n) is 2.69. The van der Waals surface area contributed by atoms with E-state index in [2.05, 4.69) is 44.3 Å². The van der Waals surface area contributed by atoms with Crippen molar-refractivity contribution in [2.45, 2.75) is 26.3 Å². The molecular weight excluding hydrogens is 146 g/mol. The van der Waals surface area contributed by atoms with Crippen LogP contribution in [0.2, 0.25) is 0 Å². The minimum absolute atomic E-state index is 0.274. The Morgan fingerprint density at radius 2 is 2.00 bits per heavy atom. The van der Waals surface area contributed by atoms with Gasteiger partial charge in [-0.05, 0) is 31.9 Å². The van der Waals surface area contributed by atoms with Gasteiger partial charge in [-0.3, -0.25) is 0 Å². The number of hydrogen-bond acceptors (Lipinski definition) is 1. The van der Waals surface area contributed by atoms with Crippen LogP contribution in [0.5, 0.6) is 0 Å². The average Bonchev–Trinajstić information content (AvgIpc) is 2.75. The van der Waals surface area contributed by atoms with Crippen LogP contribution in [0.25, 0.3) is 0 Å². The van der Waals surface area contributed by atoms with Gasteiger partial charge in [0.25, 0.3) is 0 Å². The highest BCUT2D eigenvalue weighted by Crippen LogP contribution is 2.32. The summed E-state index contributed by atoms with van der Waals surface area (Å²) in [5, 5.41) is 3.40.